The van der Waals surface area contributed by atoms with Gasteiger partial charge in [-0.2, -0.15) is 62.3 Å². The SMILES string of the molecule is COC1=C(C(CC#N)CC(F)(F)C(F)(F)C(F)(F)C(F)(F)C(F)(F)C(F)(F)F)C(=O)c2ccccc2C1=O. The second kappa shape index (κ2) is 9.45. The Morgan fingerprint density at radius 2 is 1.21 bits per heavy atom. The Kier molecular flexibility index (Phi) is 7.69. The minimum absolute atomic E-state index is 0.383. The molecule has 210 valence electrons. The zero-order chi connectivity index (χ0) is 29.7. The topological polar surface area (TPSA) is 67.2 Å². The number of ketones is 2. The summed E-state index contributed by atoms with van der Waals surface area (Å²) in [5, 5.41) is 8.92. The maximum Gasteiger partial charge on any atom is 0.460 e. The van der Waals surface area contributed by atoms with Gasteiger partial charge in [0.1, 0.15) is 0 Å². The van der Waals surface area contributed by atoms with Crippen molar-refractivity contribution >= 4 is 11.6 Å². The number of ether oxygens (including phenoxy) is 1. The van der Waals surface area contributed by atoms with Crippen LogP contribution in [-0.4, -0.2) is 54.5 Å². The molecule has 0 N–H and O–H groups in total. The molecule has 0 heterocycles. The van der Waals surface area contributed by atoms with Crippen LogP contribution in [0.25, 0.3) is 0 Å². The van der Waals surface area contributed by atoms with Gasteiger partial charge in [0.15, 0.2) is 11.5 Å². The molecule has 0 aliphatic heterocycles. The van der Waals surface area contributed by atoms with Crippen molar-refractivity contribution in [2.24, 2.45) is 5.92 Å². The molecular weight excluding hydrogens is 561 g/mol. The van der Waals surface area contributed by atoms with Crippen LogP contribution in [0, 0.1) is 17.2 Å². The predicted octanol–water partition coefficient (Wildman–Crippen LogP) is 6.62. The Labute approximate surface area is 203 Å². The van der Waals surface area contributed by atoms with Crippen molar-refractivity contribution < 1.29 is 71.4 Å². The first kappa shape index (κ1) is 30.9. The van der Waals surface area contributed by atoms with Gasteiger partial charge in [-0.1, -0.05) is 24.3 Å². The van der Waals surface area contributed by atoms with Crippen molar-refractivity contribution in [3.8, 4) is 6.07 Å². The van der Waals surface area contributed by atoms with E-state index < -0.39 is 83.0 Å². The largest absolute Gasteiger partial charge is 0.492 e. The molecule has 0 bridgehead atoms. The van der Waals surface area contributed by atoms with Crippen LogP contribution in [0.1, 0.15) is 33.6 Å². The molecule has 38 heavy (non-hydrogen) atoms. The number of fused-ring (bicyclic) bond motifs is 1. The summed E-state index contributed by atoms with van der Waals surface area (Å²) in [7, 11) is 0.693. The summed E-state index contributed by atoms with van der Waals surface area (Å²) in [6.45, 7) is 0. The monoisotopic (exact) mass is 573 g/mol. The molecule has 0 aromatic heterocycles. The number of carbonyl (C=O) groups is 2. The van der Waals surface area contributed by atoms with Gasteiger partial charge < -0.3 is 4.74 Å². The van der Waals surface area contributed by atoms with Crippen molar-refractivity contribution in [3.63, 3.8) is 0 Å². The van der Waals surface area contributed by atoms with Gasteiger partial charge in [0, 0.05) is 29.9 Å². The van der Waals surface area contributed by atoms with Gasteiger partial charge in [-0.15, -0.1) is 0 Å². The molecule has 1 aromatic carbocycles. The van der Waals surface area contributed by atoms with Gasteiger partial charge in [0.05, 0.1) is 18.8 Å². The fraction of sp³-hybridized carbons (Fsp3) is 0.476. The van der Waals surface area contributed by atoms with E-state index in [0.717, 1.165) is 24.3 Å². The molecule has 1 aliphatic carbocycles. The first-order chi connectivity index (χ1) is 17.0. The Morgan fingerprint density at radius 1 is 0.763 bits per heavy atom. The van der Waals surface area contributed by atoms with E-state index in [1.807, 2.05) is 0 Å². The third-order valence-corrected chi connectivity index (χ3v) is 5.56. The molecule has 1 atom stereocenters. The highest BCUT2D eigenvalue weighted by Crippen LogP contribution is 2.61. The molecule has 17 heteroatoms. The number of allylic oxidation sites excluding steroid dienone is 2. The number of rotatable bonds is 9. The first-order valence-electron chi connectivity index (χ1n) is 9.84. The Morgan fingerprint density at radius 3 is 1.63 bits per heavy atom. The Hall–Kier alpha value is -3.32. The lowest BCUT2D eigenvalue weighted by atomic mass is 9.77. The molecule has 0 saturated carbocycles. The molecule has 1 unspecified atom stereocenters. The van der Waals surface area contributed by atoms with Gasteiger partial charge in [-0.05, 0) is 0 Å². The summed E-state index contributed by atoms with van der Waals surface area (Å²) in [6, 6.07) is 5.52. The summed E-state index contributed by atoms with van der Waals surface area (Å²) in [4.78, 5) is 25.5. The smallest absolute Gasteiger partial charge is 0.460 e. The van der Waals surface area contributed by atoms with Crippen LogP contribution in [0.3, 0.4) is 0 Å². The maximum atomic E-state index is 14.5. The third kappa shape index (κ3) is 4.37. The van der Waals surface area contributed by atoms with Gasteiger partial charge in [0.25, 0.3) is 0 Å². The number of nitriles is 1. The average molecular weight is 573 g/mol. The quantitative estimate of drug-likeness (QED) is 0.312. The molecule has 0 fully saturated rings. The van der Waals surface area contributed by atoms with Crippen LogP contribution in [0.2, 0.25) is 0 Å². The highest BCUT2D eigenvalue weighted by Gasteiger charge is 2.90. The van der Waals surface area contributed by atoms with E-state index >= 15 is 0 Å². The number of hydrogen-bond acceptors (Lipinski definition) is 4. The van der Waals surface area contributed by atoms with Crippen LogP contribution >= 0.6 is 0 Å². The van der Waals surface area contributed by atoms with Gasteiger partial charge >= 0.3 is 35.8 Å². The molecule has 0 spiro atoms. The minimum Gasteiger partial charge on any atom is -0.492 e. The van der Waals surface area contributed by atoms with E-state index in [1.165, 1.54) is 6.07 Å². The van der Waals surface area contributed by atoms with Gasteiger partial charge in [-0.3, -0.25) is 9.59 Å². The second-order valence-corrected chi connectivity index (χ2v) is 7.91. The normalized spacial score (nSPS) is 16.8. The average Bonchev–Trinajstić information content (AvgIpc) is 2.79. The summed E-state index contributed by atoms with van der Waals surface area (Å²) >= 11 is 0. The van der Waals surface area contributed by atoms with Crippen LogP contribution in [0.5, 0.6) is 0 Å². The highest BCUT2D eigenvalue weighted by atomic mass is 19.4. The zero-order valence-corrected chi connectivity index (χ0v) is 18.4. The van der Waals surface area contributed by atoms with Crippen molar-refractivity contribution in [3.05, 3.63) is 46.7 Å². The van der Waals surface area contributed by atoms with Gasteiger partial charge in [-0.25, -0.2) is 0 Å². The molecule has 0 amide bonds. The number of carbonyl (C=O) groups excluding carboxylic acids is 2. The standard InChI is InChI=1S/C21H12F13NO3/c1-38-15-12(13(36)10-4-2-3-5-11(10)14(15)37)9(6-7-35)8-16(22,23)17(24,25)18(26,27)19(28,29)20(30,31)21(32,33)34/h2-5,9H,6,8H2,1H3. The van der Waals surface area contributed by atoms with E-state index in [4.69, 9.17) is 5.26 Å². The molecule has 1 aromatic rings. The predicted molar refractivity (Wildman–Crippen MR) is 98.3 cm³/mol. The fourth-order valence-corrected chi connectivity index (χ4v) is 3.57. The second-order valence-electron chi connectivity index (χ2n) is 7.91. The number of methoxy groups -OCH3 is 1. The highest BCUT2D eigenvalue weighted by molar-refractivity contribution is 6.26. The lowest BCUT2D eigenvalue weighted by Gasteiger charge is -2.40. The minimum atomic E-state index is -8.09. The maximum absolute atomic E-state index is 14.5. The van der Waals surface area contributed by atoms with Crippen LogP contribution in [-0.2, 0) is 4.74 Å². The summed E-state index contributed by atoms with van der Waals surface area (Å²) in [5.41, 5.74) is -2.15. The Balaban J connectivity index is 2.64. The summed E-state index contributed by atoms with van der Waals surface area (Å²) < 4.78 is 180. The number of halogens is 13. The van der Waals surface area contributed by atoms with Crippen LogP contribution in [0.4, 0.5) is 57.1 Å². The Bertz CT molecular complexity index is 1200. The van der Waals surface area contributed by atoms with Crippen LogP contribution < -0.4 is 0 Å². The number of hydrogen-bond donors (Lipinski definition) is 0. The van der Waals surface area contributed by atoms with E-state index in [9.17, 15) is 66.7 Å². The van der Waals surface area contributed by atoms with Crippen LogP contribution in [0.15, 0.2) is 35.6 Å². The van der Waals surface area contributed by atoms with E-state index in [2.05, 4.69) is 4.74 Å². The molecular formula is C21H12F13NO3. The van der Waals surface area contributed by atoms with Gasteiger partial charge in [0.2, 0.25) is 5.78 Å². The molecule has 0 saturated heterocycles. The lowest BCUT2D eigenvalue weighted by Crippen LogP contribution is -2.70. The molecule has 0 radical (unpaired) electrons. The summed E-state index contributed by atoms with van der Waals surface area (Å²) in [6.07, 6.45) is -11.8. The van der Waals surface area contributed by atoms with Crippen molar-refractivity contribution in [1.82, 2.24) is 0 Å². The lowest BCUT2D eigenvalue weighted by molar-refractivity contribution is -0.440. The fourth-order valence-electron chi connectivity index (χ4n) is 3.57. The zero-order valence-electron chi connectivity index (χ0n) is 18.4. The van der Waals surface area contributed by atoms with Crippen molar-refractivity contribution in [2.45, 2.75) is 48.6 Å². The van der Waals surface area contributed by atoms with E-state index in [-0.39, 0.29) is 5.56 Å². The number of benzene rings is 1. The summed E-state index contributed by atoms with van der Waals surface area (Å²) in [5.74, 6) is -44.5. The van der Waals surface area contributed by atoms with Crippen molar-refractivity contribution in [2.75, 3.05) is 7.11 Å². The number of alkyl halides is 13. The molecule has 2 rings (SSSR count). The number of nitrogens with zero attached hydrogens (tertiary/aromatic N) is 1. The van der Waals surface area contributed by atoms with E-state index in [1.54, 1.807) is 0 Å². The van der Waals surface area contributed by atoms with Crippen molar-refractivity contribution in [1.29, 1.82) is 5.26 Å². The number of Topliss-reactive ketones (excluding diaryl/α,β-unsaturated/α-hetero) is 2. The first-order valence-corrected chi connectivity index (χ1v) is 9.84. The molecule has 1 aliphatic rings. The third-order valence-electron chi connectivity index (χ3n) is 5.56. The molecule has 4 nitrogen and oxygen atoms in total. The van der Waals surface area contributed by atoms with E-state index in [0.29, 0.717) is 7.11 Å².